The number of benzene rings is 1. The van der Waals surface area contributed by atoms with Crippen LogP contribution in [0.25, 0.3) is 5.65 Å². The summed E-state index contributed by atoms with van der Waals surface area (Å²) in [6.07, 6.45) is 3.59. The van der Waals surface area contributed by atoms with Gasteiger partial charge in [-0.1, -0.05) is 31.5 Å². The van der Waals surface area contributed by atoms with E-state index in [0.29, 0.717) is 10.7 Å². The van der Waals surface area contributed by atoms with E-state index in [4.69, 9.17) is 10.1 Å². The number of aromatic nitrogens is 3. The Morgan fingerprint density at radius 3 is 2.43 bits per heavy atom. The van der Waals surface area contributed by atoms with Gasteiger partial charge in [0.15, 0.2) is 10.5 Å². The van der Waals surface area contributed by atoms with Gasteiger partial charge in [-0.2, -0.15) is 9.61 Å². The minimum atomic E-state index is -3.75. The van der Waals surface area contributed by atoms with E-state index in [-0.39, 0.29) is 9.79 Å². The van der Waals surface area contributed by atoms with Crippen LogP contribution in [0.2, 0.25) is 0 Å². The molecule has 0 radical (unpaired) electrons. The first kappa shape index (κ1) is 21.1. The van der Waals surface area contributed by atoms with Gasteiger partial charge >= 0.3 is 0 Å². The molecule has 30 heavy (non-hydrogen) atoms. The number of fused-ring (bicyclic) bond motifs is 1. The molecular formula is C21H27N5O2S2. The van der Waals surface area contributed by atoms with Crippen LogP contribution < -0.4 is 4.90 Å². The summed E-state index contributed by atoms with van der Waals surface area (Å²) in [5.41, 5.74) is 1.32. The van der Waals surface area contributed by atoms with E-state index in [1.807, 2.05) is 12.3 Å². The Morgan fingerprint density at radius 1 is 1.10 bits per heavy atom. The Hall–Kier alpha value is -2.10. The molecule has 0 spiro atoms. The lowest BCUT2D eigenvalue weighted by Gasteiger charge is -2.34. The van der Waals surface area contributed by atoms with Gasteiger partial charge in [0.2, 0.25) is 9.84 Å². The van der Waals surface area contributed by atoms with E-state index >= 15 is 0 Å². The van der Waals surface area contributed by atoms with E-state index < -0.39 is 9.84 Å². The van der Waals surface area contributed by atoms with Crippen LogP contribution in [0, 0.1) is 0 Å². The second-order valence-electron chi connectivity index (χ2n) is 7.54. The normalized spacial score (nSPS) is 15.8. The smallest absolute Gasteiger partial charge is 0.213 e. The summed E-state index contributed by atoms with van der Waals surface area (Å²) in [6, 6.07) is 10.6. The first-order chi connectivity index (χ1) is 14.5. The number of piperazine rings is 1. The number of sulfone groups is 1. The number of aryl methyl sites for hydroxylation is 1. The van der Waals surface area contributed by atoms with Gasteiger partial charge in [-0.05, 0) is 31.9 Å². The van der Waals surface area contributed by atoms with Gasteiger partial charge in [-0.15, -0.1) is 11.8 Å². The molecular weight excluding hydrogens is 418 g/mol. The SMILES string of the molecule is CCCc1cc(N2CCN(C)CC2)n2nc(SC)c(S(=O)(=O)c3ccccc3)c2n1. The lowest BCUT2D eigenvalue weighted by atomic mass is 10.2. The maximum atomic E-state index is 13.6. The molecule has 1 aromatic carbocycles. The highest BCUT2D eigenvalue weighted by Gasteiger charge is 2.30. The lowest BCUT2D eigenvalue weighted by molar-refractivity contribution is 0.311. The first-order valence-electron chi connectivity index (χ1n) is 10.2. The monoisotopic (exact) mass is 445 g/mol. The zero-order valence-electron chi connectivity index (χ0n) is 17.6. The van der Waals surface area contributed by atoms with Gasteiger partial charge < -0.3 is 9.80 Å². The maximum absolute atomic E-state index is 13.6. The molecule has 0 atom stereocenters. The van der Waals surface area contributed by atoms with E-state index in [1.54, 1.807) is 28.8 Å². The summed E-state index contributed by atoms with van der Waals surface area (Å²) in [5.74, 6) is 0.918. The van der Waals surface area contributed by atoms with Crippen molar-refractivity contribution in [2.24, 2.45) is 0 Å². The third kappa shape index (κ3) is 3.81. The first-order valence-corrected chi connectivity index (χ1v) is 12.9. The summed E-state index contributed by atoms with van der Waals surface area (Å²) in [7, 11) is -1.63. The van der Waals surface area contributed by atoms with Crippen LogP contribution in [0.15, 0.2) is 51.2 Å². The second-order valence-corrected chi connectivity index (χ2v) is 10.2. The Bertz CT molecular complexity index is 1140. The highest BCUT2D eigenvalue weighted by atomic mass is 32.2. The van der Waals surface area contributed by atoms with Crippen LogP contribution in [0.3, 0.4) is 0 Å². The molecule has 0 saturated carbocycles. The molecule has 4 rings (SSSR count). The third-order valence-corrected chi connectivity index (χ3v) is 8.01. The van der Waals surface area contributed by atoms with Crippen molar-refractivity contribution < 1.29 is 8.42 Å². The molecule has 0 N–H and O–H groups in total. The van der Waals surface area contributed by atoms with Crippen molar-refractivity contribution in [2.75, 3.05) is 44.4 Å². The third-order valence-electron chi connectivity index (χ3n) is 5.40. The molecule has 0 aliphatic carbocycles. The molecule has 0 unspecified atom stereocenters. The summed E-state index contributed by atoms with van der Waals surface area (Å²) >= 11 is 1.34. The van der Waals surface area contributed by atoms with Crippen molar-refractivity contribution in [3.8, 4) is 0 Å². The zero-order chi connectivity index (χ0) is 21.3. The Kier molecular flexibility index (Phi) is 6.04. The van der Waals surface area contributed by atoms with Gasteiger partial charge in [0.25, 0.3) is 0 Å². The molecule has 3 aromatic rings. The maximum Gasteiger partial charge on any atom is 0.213 e. The topological polar surface area (TPSA) is 70.8 Å². The molecule has 9 heteroatoms. The van der Waals surface area contributed by atoms with Crippen LogP contribution >= 0.6 is 11.8 Å². The van der Waals surface area contributed by atoms with Gasteiger partial charge in [0, 0.05) is 37.9 Å². The molecule has 160 valence electrons. The highest BCUT2D eigenvalue weighted by molar-refractivity contribution is 7.99. The van der Waals surface area contributed by atoms with Crippen molar-refractivity contribution in [3.63, 3.8) is 0 Å². The van der Waals surface area contributed by atoms with E-state index in [2.05, 4.69) is 29.8 Å². The van der Waals surface area contributed by atoms with E-state index in [9.17, 15) is 8.42 Å². The second kappa shape index (κ2) is 8.56. The van der Waals surface area contributed by atoms with Gasteiger partial charge in [0.05, 0.1) is 4.90 Å². The van der Waals surface area contributed by atoms with Gasteiger partial charge in [0.1, 0.15) is 10.8 Å². The van der Waals surface area contributed by atoms with Crippen molar-refractivity contribution in [1.29, 1.82) is 0 Å². The molecule has 3 heterocycles. The molecule has 1 saturated heterocycles. The summed E-state index contributed by atoms with van der Waals surface area (Å²) in [6.45, 7) is 5.76. The minimum Gasteiger partial charge on any atom is -0.354 e. The quantitative estimate of drug-likeness (QED) is 0.540. The van der Waals surface area contributed by atoms with E-state index in [1.165, 1.54) is 11.8 Å². The predicted octanol–water partition coefficient (Wildman–Crippen LogP) is 2.99. The Balaban J connectivity index is 1.95. The van der Waals surface area contributed by atoms with Crippen LogP contribution in [0.4, 0.5) is 5.82 Å². The van der Waals surface area contributed by atoms with Crippen molar-refractivity contribution in [3.05, 3.63) is 42.1 Å². The number of thioether (sulfide) groups is 1. The lowest BCUT2D eigenvalue weighted by Crippen LogP contribution is -2.45. The molecule has 1 aliphatic heterocycles. The van der Waals surface area contributed by atoms with E-state index in [0.717, 1.165) is 50.5 Å². The molecule has 1 aliphatic rings. The Morgan fingerprint density at radius 2 is 1.80 bits per heavy atom. The van der Waals surface area contributed by atoms with Gasteiger partial charge in [-0.3, -0.25) is 0 Å². The fourth-order valence-corrected chi connectivity index (χ4v) is 6.16. The van der Waals surface area contributed by atoms with Crippen LogP contribution in [0.5, 0.6) is 0 Å². The average Bonchev–Trinajstić information content (AvgIpc) is 3.14. The highest BCUT2D eigenvalue weighted by Crippen LogP contribution is 2.34. The number of anilines is 1. The van der Waals surface area contributed by atoms with Crippen molar-refractivity contribution in [1.82, 2.24) is 19.5 Å². The number of rotatable bonds is 6. The predicted molar refractivity (Wildman–Crippen MR) is 120 cm³/mol. The number of nitrogens with zero attached hydrogens (tertiary/aromatic N) is 5. The zero-order valence-corrected chi connectivity index (χ0v) is 19.2. The number of likely N-dealkylation sites (N-methyl/N-ethyl adjacent to an activating group) is 1. The Labute approximate surface area is 182 Å². The summed E-state index contributed by atoms with van der Waals surface area (Å²) < 4.78 is 28.9. The summed E-state index contributed by atoms with van der Waals surface area (Å²) in [5, 5.41) is 5.18. The van der Waals surface area contributed by atoms with Crippen LogP contribution in [-0.2, 0) is 16.3 Å². The number of hydrogen-bond acceptors (Lipinski definition) is 7. The molecule has 0 amide bonds. The fraction of sp³-hybridized carbons (Fsp3) is 0.429. The van der Waals surface area contributed by atoms with Crippen LogP contribution in [-0.4, -0.2) is 67.4 Å². The minimum absolute atomic E-state index is 0.203. The fourth-order valence-electron chi connectivity index (χ4n) is 3.74. The van der Waals surface area contributed by atoms with Crippen molar-refractivity contribution >= 4 is 33.1 Å². The van der Waals surface area contributed by atoms with Gasteiger partial charge in [-0.25, -0.2) is 13.4 Å². The largest absolute Gasteiger partial charge is 0.354 e. The number of hydrogen-bond donors (Lipinski definition) is 0. The molecule has 1 fully saturated rings. The molecule has 7 nitrogen and oxygen atoms in total. The van der Waals surface area contributed by atoms with Crippen molar-refractivity contribution in [2.45, 2.75) is 34.6 Å². The summed E-state index contributed by atoms with van der Waals surface area (Å²) in [4.78, 5) is 9.81. The molecule has 2 aromatic heterocycles. The molecule has 0 bridgehead atoms. The van der Waals surface area contributed by atoms with Crippen LogP contribution in [0.1, 0.15) is 19.0 Å². The standard InChI is InChI=1S/C21H27N5O2S2/c1-4-8-16-15-18(25-13-11-24(2)12-14-25)26-20(22-16)19(21(23-26)29-3)30(27,28)17-9-6-5-7-10-17/h5-7,9-10,15H,4,8,11-14H2,1-3H3. The average molecular weight is 446 g/mol.